The standard InChI is InChI=1S/C20H27O5P/c1-5-13-15(7-3)19(11-9-17(13)21)24-26(23)25-20-12-10-18(22)14(6-2)16(20)8-4/h9-12,21-22,26H,5-8H2,1-4H3. The summed E-state index contributed by atoms with van der Waals surface area (Å²) in [5.74, 6) is 1.38. The summed E-state index contributed by atoms with van der Waals surface area (Å²) >= 11 is 0. The van der Waals surface area contributed by atoms with Crippen molar-refractivity contribution >= 4 is 8.25 Å². The smallest absolute Gasteiger partial charge is 0.418 e. The summed E-state index contributed by atoms with van der Waals surface area (Å²) in [6, 6.07) is 6.34. The van der Waals surface area contributed by atoms with E-state index in [1.165, 1.54) is 0 Å². The minimum atomic E-state index is -2.85. The first-order chi connectivity index (χ1) is 12.5. The molecule has 0 radical (unpaired) electrons. The zero-order valence-corrected chi connectivity index (χ0v) is 16.8. The maximum absolute atomic E-state index is 12.5. The van der Waals surface area contributed by atoms with Crippen LogP contribution in [0, 0.1) is 0 Å². The Morgan fingerprint density at radius 3 is 1.35 bits per heavy atom. The van der Waals surface area contributed by atoms with Crippen molar-refractivity contribution in [2.75, 3.05) is 0 Å². The number of hydrogen-bond acceptors (Lipinski definition) is 5. The SMILES string of the molecule is CCc1c(O)ccc(O[PH](=O)Oc2ccc(O)c(CC)c2CC)c1CC. The molecule has 0 bridgehead atoms. The van der Waals surface area contributed by atoms with Gasteiger partial charge in [0, 0.05) is 22.3 Å². The Bertz CT molecular complexity index is 736. The summed E-state index contributed by atoms with van der Waals surface area (Å²) in [5, 5.41) is 20.0. The molecule has 0 fully saturated rings. The topological polar surface area (TPSA) is 76.0 Å². The van der Waals surface area contributed by atoms with Gasteiger partial charge in [0.15, 0.2) is 0 Å². The van der Waals surface area contributed by atoms with Gasteiger partial charge in [0.25, 0.3) is 0 Å². The molecule has 2 aromatic carbocycles. The van der Waals surface area contributed by atoms with Crippen LogP contribution in [0.1, 0.15) is 49.9 Å². The second kappa shape index (κ2) is 9.00. The van der Waals surface area contributed by atoms with Gasteiger partial charge in [-0.15, -0.1) is 0 Å². The molecule has 0 aliphatic carbocycles. The van der Waals surface area contributed by atoms with Crippen LogP contribution in [0.25, 0.3) is 0 Å². The van der Waals surface area contributed by atoms with Crippen LogP contribution in [0.2, 0.25) is 0 Å². The molecule has 2 rings (SSSR count). The maximum atomic E-state index is 12.5. The summed E-state index contributed by atoms with van der Waals surface area (Å²) in [6.45, 7) is 7.82. The van der Waals surface area contributed by atoms with E-state index in [9.17, 15) is 14.8 Å². The quantitative estimate of drug-likeness (QED) is 0.618. The number of benzene rings is 2. The van der Waals surface area contributed by atoms with Crippen LogP contribution >= 0.6 is 8.25 Å². The van der Waals surface area contributed by atoms with Crippen LogP contribution in [0.4, 0.5) is 0 Å². The molecule has 5 nitrogen and oxygen atoms in total. The van der Waals surface area contributed by atoms with Gasteiger partial charge in [0.1, 0.15) is 23.0 Å². The summed E-state index contributed by atoms with van der Waals surface area (Å²) in [4.78, 5) is 0. The number of aromatic hydroxyl groups is 2. The first-order valence-corrected chi connectivity index (χ1v) is 10.3. The van der Waals surface area contributed by atoms with Crippen molar-refractivity contribution in [3.05, 3.63) is 46.5 Å². The van der Waals surface area contributed by atoms with Crippen LogP contribution in [-0.2, 0) is 30.2 Å². The first kappa shape index (κ1) is 20.2. The summed E-state index contributed by atoms with van der Waals surface area (Å²) in [5.41, 5.74) is 3.27. The average molecular weight is 378 g/mol. The highest BCUT2D eigenvalue weighted by Crippen LogP contribution is 2.39. The molecular formula is C20H27O5P. The Hall–Kier alpha value is -2.13. The van der Waals surface area contributed by atoms with Crippen LogP contribution in [0.15, 0.2) is 24.3 Å². The maximum Gasteiger partial charge on any atom is 0.418 e. The molecule has 0 unspecified atom stereocenters. The minimum Gasteiger partial charge on any atom is -0.508 e. The summed E-state index contributed by atoms with van der Waals surface area (Å²) in [7, 11) is -2.85. The van der Waals surface area contributed by atoms with Gasteiger partial charge in [-0.05, 0) is 49.9 Å². The number of hydrogen-bond donors (Lipinski definition) is 2. The van der Waals surface area contributed by atoms with E-state index in [0.29, 0.717) is 37.2 Å². The van der Waals surface area contributed by atoms with E-state index < -0.39 is 8.25 Å². The normalized spacial score (nSPS) is 11.0. The highest BCUT2D eigenvalue weighted by atomic mass is 31.1. The van der Waals surface area contributed by atoms with E-state index >= 15 is 0 Å². The lowest BCUT2D eigenvalue weighted by molar-refractivity contribution is 0.408. The monoisotopic (exact) mass is 378 g/mol. The lowest BCUT2D eigenvalue weighted by Gasteiger charge is -2.17. The van der Waals surface area contributed by atoms with Crippen molar-refractivity contribution in [2.24, 2.45) is 0 Å². The van der Waals surface area contributed by atoms with E-state index in [4.69, 9.17) is 9.05 Å². The first-order valence-electron chi connectivity index (χ1n) is 9.03. The lowest BCUT2D eigenvalue weighted by Crippen LogP contribution is -2.00. The Morgan fingerprint density at radius 1 is 0.692 bits per heavy atom. The summed E-state index contributed by atoms with van der Waals surface area (Å²) in [6.07, 6.45) is 2.63. The Labute approximate surface area is 155 Å². The van der Waals surface area contributed by atoms with Crippen molar-refractivity contribution in [3.8, 4) is 23.0 Å². The molecule has 0 amide bonds. The molecule has 2 aromatic rings. The highest BCUT2D eigenvalue weighted by molar-refractivity contribution is 7.34. The van der Waals surface area contributed by atoms with Gasteiger partial charge in [-0.25, -0.2) is 4.57 Å². The molecule has 0 aromatic heterocycles. The predicted octanol–water partition coefficient (Wildman–Crippen LogP) is 5.19. The molecule has 2 N–H and O–H groups in total. The van der Waals surface area contributed by atoms with E-state index in [1.807, 2.05) is 27.7 Å². The van der Waals surface area contributed by atoms with E-state index in [0.717, 1.165) is 22.3 Å². The van der Waals surface area contributed by atoms with E-state index in [2.05, 4.69) is 0 Å². The molecule has 6 heteroatoms. The second-order valence-electron chi connectivity index (χ2n) is 5.95. The molecule has 0 aliphatic heterocycles. The molecule has 0 heterocycles. The van der Waals surface area contributed by atoms with E-state index in [1.54, 1.807) is 24.3 Å². The van der Waals surface area contributed by atoms with Crippen LogP contribution < -0.4 is 9.05 Å². The summed E-state index contributed by atoms with van der Waals surface area (Å²) < 4.78 is 23.7. The van der Waals surface area contributed by atoms with Gasteiger partial charge in [0.2, 0.25) is 0 Å². The number of phenols is 2. The van der Waals surface area contributed by atoms with Crippen LogP contribution in [0.5, 0.6) is 23.0 Å². The third-order valence-electron chi connectivity index (χ3n) is 4.53. The molecule has 0 saturated carbocycles. The molecule has 0 saturated heterocycles. The van der Waals surface area contributed by atoms with Crippen molar-refractivity contribution in [2.45, 2.75) is 53.4 Å². The third-order valence-corrected chi connectivity index (χ3v) is 5.30. The largest absolute Gasteiger partial charge is 0.508 e. The molecule has 0 aliphatic rings. The molecular weight excluding hydrogens is 351 g/mol. The van der Waals surface area contributed by atoms with Crippen molar-refractivity contribution in [3.63, 3.8) is 0 Å². The fraction of sp³-hybridized carbons (Fsp3) is 0.400. The van der Waals surface area contributed by atoms with Crippen molar-refractivity contribution < 1.29 is 23.8 Å². The second-order valence-corrected chi connectivity index (χ2v) is 6.86. The van der Waals surface area contributed by atoms with Gasteiger partial charge in [-0.3, -0.25) is 0 Å². The highest BCUT2D eigenvalue weighted by Gasteiger charge is 2.17. The fourth-order valence-electron chi connectivity index (χ4n) is 3.27. The number of rotatable bonds is 8. The fourth-order valence-corrected chi connectivity index (χ4v) is 4.06. The van der Waals surface area contributed by atoms with Gasteiger partial charge >= 0.3 is 8.25 Å². The Kier molecular flexibility index (Phi) is 6.98. The Morgan fingerprint density at radius 2 is 1.04 bits per heavy atom. The zero-order chi connectivity index (χ0) is 19.3. The molecule has 0 spiro atoms. The molecule has 26 heavy (non-hydrogen) atoms. The lowest BCUT2D eigenvalue weighted by atomic mass is 10.0. The van der Waals surface area contributed by atoms with Crippen LogP contribution in [0.3, 0.4) is 0 Å². The van der Waals surface area contributed by atoms with Gasteiger partial charge in [-0.2, -0.15) is 0 Å². The third kappa shape index (κ3) is 4.16. The minimum absolute atomic E-state index is 0.219. The van der Waals surface area contributed by atoms with Crippen molar-refractivity contribution in [1.29, 1.82) is 0 Å². The molecule has 142 valence electrons. The Balaban J connectivity index is 2.28. The van der Waals surface area contributed by atoms with Gasteiger partial charge in [0.05, 0.1) is 0 Å². The van der Waals surface area contributed by atoms with Crippen LogP contribution in [-0.4, -0.2) is 10.2 Å². The average Bonchev–Trinajstić information content (AvgIpc) is 2.63. The number of phenolic OH excluding ortho intramolecular Hbond substituents is 2. The van der Waals surface area contributed by atoms with Gasteiger partial charge in [-0.1, -0.05) is 27.7 Å². The van der Waals surface area contributed by atoms with Gasteiger partial charge < -0.3 is 19.3 Å². The van der Waals surface area contributed by atoms with Crippen molar-refractivity contribution in [1.82, 2.24) is 0 Å². The molecule has 0 atom stereocenters. The zero-order valence-electron chi connectivity index (χ0n) is 15.8. The predicted molar refractivity (Wildman–Crippen MR) is 104 cm³/mol. The van der Waals surface area contributed by atoms with E-state index in [-0.39, 0.29) is 11.5 Å².